The van der Waals surface area contributed by atoms with Crippen LogP contribution in [0.1, 0.15) is 30.5 Å². The second kappa shape index (κ2) is 3.21. The van der Waals surface area contributed by atoms with Gasteiger partial charge in [0.2, 0.25) is 0 Å². The molecule has 1 aliphatic rings. The van der Waals surface area contributed by atoms with Gasteiger partial charge in [0.25, 0.3) is 0 Å². The number of carbonyl (C=O) groups is 1. The van der Waals surface area contributed by atoms with E-state index in [-0.39, 0.29) is 5.92 Å². The minimum Gasteiger partial charge on any atom is -0.347 e. The third-order valence-electron chi connectivity index (χ3n) is 3.78. The first-order chi connectivity index (χ1) is 7.70. The molecule has 0 fully saturated rings. The Bertz CT molecular complexity index is 580. The first-order valence-corrected chi connectivity index (χ1v) is 5.77. The van der Waals surface area contributed by atoms with Crippen molar-refractivity contribution in [3.63, 3.8) is 0 Å². The molecule has 2 nitrogen and oxygen atoms in total. The molecule has 0 bridgehead atoms. The molecule has 1 unspecified atom stereocenters. The largest absolute Gasteiger partial charge is 0.347 e. The minimum atomic E-state index is 0.126. The number of aromatic nitrogens is 1. The zero-order chi connectivity index (χ0) is 11.3. The molecule has 1 heterocycles. The van der Waals surface area contributed by atoms with E-state index in [1.54, 1.807) is 6.92 Å². The van der Waals surface area contributed by atoms with Gasteiger partial charge in [-0.05, 0) is 31.4 Å². The lowest BCUT2D eigenvalue weighted by Crippen LogP contribution is -2.04. The maximum atomic E-state index is 11.7. The molecule has 0 aliphatic heterocycles. The van der Waals surface area contributed by atoms with Gasteiger partial charge in [0.15, 0.2) is 0 Å². The van der Waals surface area contributed by atoms with E-state index in [2.05, 4.69) is 35.9 Å². The Balaban J connectivity index is 2.35. The number of Topliss-reactive ketones (excluding diaryl/α,β-unsaturated/α-hetero) is 1. The predicted molar refractivity (Wildman–Crippen MR) is 64.7 cm³/mol. The topological polar surface area (TPSA) is 22.0 Å². The Hall–Kier alpha value is -1.57. The van der Waals surface area contributed by atoms with Crippen LogP contribution in [0, 0.1) is 0 Å². The van der Waals surface area contributed by atoms with Gasteiger partial charge >= 0.3 is 0 Å². The molecule has 2 heteroatoms. The molecule has 1 aromatic heterocycles. The molecule has 0 amide bonds. The Morgan fingerprint density at radius 3 is 2.88 bits per heavy atom. The number of hydrogen-bond acceptors (Lipinski definition) is 1. The molecule has 1 atom stereocenters. The number of hydrogen-bond donors (Lipinski definition) is 0. The van der Waals surface area contributed by atoms with Crippen LogP contribution < -0.4 is 0 Å². The van der Waals surface area contributed by atoms with E-state index >= 15 is 0 Å². The molecule has 0 radical (unpaired) electrons. The zero-order valence-electron chi connectivity index (χ0n) is 9.66. The summed E-state index contributed by atoms with van der Waals surface area (Å²) >= 11 is 0. The van der Waals surface area contributed by atoms with Crippen LogP contribution in [-0.2, 0) is 18.3 Å². The van der Waals surface area contributed by atoms with Gasteiger partial charge in [-0.2, -0.15) is 0 Å². The average Bonchev–Trinajstić information content (AvgIpc) is 2.81. The van der Waals surface area contributed by atoms with Crippen molar-refractivity contribution in [2.45, 2.75) is 25.7 Å². The summed E-state index contributed by atoms with van der Waals surface area (Å²) in [5, 5.41) is 1.26. The molecule has 0 spiro atoms. The summed E-state index contributed by atoms with van der Waals surface area (Å²) < 4.78 is 2.24. The maximum absolute atomic E-state index is 11.7. The van der Waals surface area contributed by atoms with Gasteiger partial charge in [0.05, 0.1) is 0 Å². The number of nitrogens with zero attached hydrogens (tertiary/aromatic N) is 1. The van der Waals surface area contributed by atoms with Crippen molar-refractivity contribution in [1.82, 2.24) is 4.57 Å². The summed E-state index contributed by atoms with van der Waals surface area (Å²) in [5.41, 5.74) is 3.88. The predicted octanol–water partition coefficient (Wildman–Crippen LogP) is 2.80. The van der Waals surface area contributed by atoms with E-state index in [0.717, 1.165) is 12.8 Å². The van der Waals surface area contributed by atoms with Crippen molar-refractivity contribution in [2.24, 2.45) is 7.05 Å². The monoisotopic (exact) mass is 213 g/mol. The van der Waals surface area contributed by atoms with Crippen molar-refractivity contribution < 1.29 is 4.79 Å². The summed E-state index contributed by atoms with van der Waals surface area (Å²) in [6.45, 7) is 1.71. The van der Waals surface area contributed by atoms with Crippen LogP contribution in [0.4, 0.5) is 0 Å². The summed E-state index contributed by atoms with van der Waals surface area (Å²) in [6, 6.07) is 8.37. The van der Waals surface area contributed by atoms with Gasteiger partial charge in [0.1, 0.15) is 5.78 Å². The molecule has 1 aliphatic carbocycles. The summed E-state index contributed by atoms with van der Waals surface area (Å²) in [4.78, 5) is 11.7. The number of benzene rings is 1. The molecule has 0 saturated carbocycles. The quantitative estimate of drug-likeness (QED) is 0.714. The van der Waals surface area contributed by atoms with E-state index in [4.69, 9.17) is 0 Å². The Kier molecular flexibility index (Phi) is 1.93. The number of ketones is 1. The second-order valence-corrected chi connectivity index (χ2v) is 4.64. The van der Waals surface area contributed by atoms with Gasteiger partial charge in [-0.15, -0.1) is 0 Å². The molecule has 16 heavy (non-hydrogen) atoms. The summed E-state index contributed by atoms with van der Waals surface area (Å²) in [5.74, 6) is 0.427. The number of para-hydroxylation sites is 1. The normalized spacial score (nSPS) is 19.0. The highest BCUT2D eigenvalue weighted by Crippen LogP contribution is 2.40. The number of carbonyl (C=O) groups excluding carboxylic acids is 1. The molecule has 3 rings (SSSR count). The number of fused-ring (bicyclic) bond motifs is 3. The fraction of sp³-hybridized carbons (Fsp3) is 0.357. The van der Waals surface area contributed by atoms with Crippen molar-refractivity contribution in [2.75, 3.05) is 0 Å². The van der Waals surface area contributed by atoms with Gasteiger partial charge in [-0.25, -0.2) is 0 Å². The van der Waals surface area contributed by atoms with Crippen LogP contribution in [-0.4, -0.2) is 10.4 Å². The van der Waals surface area contributed by atoms with Crippen molar-refractivity contribution in [3.8, 4) is 0 Å². The van der Waals surface area contributed by atoms with Crippen LogP contribution in [0.2, 0.25) is 0 Å². The van der Waals surface area contributed by atoms with Crippen LogP contribution in [0.25, 0.3) is 10.9 Å². The third-order valence-corrected chi connectivity index (χ3v) is 3.78. The van der Waals surface area contributed by atoms with Gasteiger partial charge in [-0.3, -0.25) is 4.79 Å². The van der Waals surface area contributed by atoms with Crippen LogP contribution in [0.15, 0.2) is 24.3 Å². The summed E-state index contributed by atoms with van der Waals surface area (Å²) in [6.07, 6.45) is 2.02. The highest BCUT2D eigenvalue weighted by Gasteiger charge is 2.31. The smallest absolute Gasteiger partial charge is 0.137 e. The molecular weight excluding hydrogens is 198 g/mol. The molecular formula is C14H15NO. The average molecular weight is 213 g/mol. The SMILES string of the molecule is CC(=O)C1CCc2c1c1ccccc1n2C. The lowest BCUT2D eigenvalue weighted by molar-refractivity contribution is -0.118. The van der Waals surface area contributed by atoms with E-state index < -0.39 is 0 Å². The molecule has 2 aromatic rings. The molecule has 1 aromatic carbocycles. The standard InChI is InChI=1S/C14H15NO/c1-9(16)10-7-8-13-14(10)11-5-3-4-6-12(11)15(13)2/h3-6,10H,7-8H2,1-2H3. The minimum absolute atomic E-state index is 0.126. The van der Waals surface area contributed by atoms with Crippen LogP contribution in [0.5, 0.6) is 0 Å². The number of aryl methyl sites for hydroxylation is 1. The van der Waals surface area contributed by atoms with Gasteiger partial charge in [-0.1, -0.05) is 18.2 Å². The molecule has 0 saturated heterocycles. The van der Waals surface area contributed by atoms with E-state index in [9.17, 15) is 4.79 Å². The van der Waals surface area contributed by atoms with E-state index in [0.29, 0.717) is 5.78 Å². The summed E-state index contributed by atoms with van der Waals surface area (Å²) in [7, 11) is 2.10. The van der Waals surface area contributed by atoms with Crippen LogP contribution in [0.3, 0.4) is 0 Å². The van der Waals surface area contributed by atoms with Crippen LogP contribution >= 0.6 is 0 Å². The van der Waals surface area contributed by atoms with Gasteiger partial charge in [0, 0.05) is 29.6 Å². The fourth-order valence-corrected chi connectivity index (χ4v) is 3.00. The zero-order valence-corrected chi connectivity index (χ0v) is 9.66. The second-order valence-electron chi connectivity index (χ2n) is 4.64. The third kappa shape index (κ3) is 1.10. The lowest BCUT2D eigenvalue weighted by atomic mass is 9.96. The first-order valence-electron chi connectivity index (χ1n) is 5.77. The Morgan fingerprint density at radius 2 is 2.12 bits per heavy atom. The Labute approximate surface area is 94.9 Å². The Morgan fingerprint density at radius 1 is 1.38 bits per heavy atom. The highest BCUT2D eigenvalue weighted by atomic mass is 16.1. The highest BCUT2D eigenvalue weighted by molar-refractivity contribution is 5.94. The number of rotatable bonds is 1. The maximum Gasteiger partial charge on any atom is 0.137 e. The van der Waals surface area contributed by atoms with Crippen molar-refractivity contribution in [1.29, 1.82) is 0 Å². The fourth-order valence-electron chi connectivity index (χ4n) is 3.00. The lowest BCUT2D eigenvalue weighted by Gasteiger charge is -2.05. The van der Waals surface area contributed by atoms with Gasteiger partial charge < -0.3 is 4.57 Å². The van der Waals surface area contributed by atoms with E-state index in [1.807, 2.05) is 0 Å². The molecule has 82 valence electrons. The van der Waals surface area contributed by atoms with Crippen molar-refractivity contribution in [3.05, 3.63) is 35.5 Å². The van der Waals surface area contributed by atoms with Crippen molar-refractivity contribution >= 4 is 16.7 Å². The molecule has 0 N–H and O–H groups in total. The van der Waals surface area contributed by atoms with E-state index in [1.165, 1.54) is 22.2 Å². The first kappa shape index (κ1) is 9.64.